The molecule has 3 rings (SSSR count). The molecule has 0 bridgehead atoms. The predicted octanol–water partition coefficient (Wildman–Crippen LogP) is 1.14. The first kappa shape index (κ1) is 18.3. The smallest absolute Gasteiger partial charge is 0.255 e. The Morgan fingerprint density at radius 2 is 1.69 bits per heavy atom. The van der Waals surface area contributed by atoms with E-state index in [-0.39, 0.29) is 29.5 Å². The maximum absolute atomic E-state index is 12.8. The number of aryl methyl sites for hydroxylation is 2. The van der Waals surface area contributed by atoms with E-state index in [2.05, 4.69) is 4.98 Å². The SMILES string of the molecule is Cc1ccc(S(=O)(=O)N2CCN(C(=O)c3ccc(=O)[nH]c3)CC2)cc1C. The molecule has 0 spiro atoms. The van der Waals surface area contributed by atoms with Crippen LogP contribution in [0.4, 0.5) is 0 Å². The summed E-state index contributed by atoms with van der Waals surface area (Å²) >= 11 is 0. The highest BCUT2D eigenvalue weighted by Gasteiger charge is 2.30. The van der Waals surface area contributed by atoms with E-state index in [1.807, 2.05) is 13.8 Å². The zero-order valence-corrected chi connectivity index (χ0v) is 15.5. The number of aromatic amines is 1. The highest BCUT2D eigenvalue weighted by Crippen LogP contribution is 2.21. The lowest BCUT2D eigenvalue weighted by atomic mass is 10.1. The number of amides is 1. The molecule has 1 saturated heterocycles. The van der Waals surface area contributed by atoms with E-state index in [9.17, 15) is 18.0 Å². The van der Waals surface area contributed by atoms with Crippen LogP contribution in [0, 0.1) is 13.8 Å². The quantitative estimate of drug-likeness (QED) is 0.871. The number of sulfonamides is 1. The Hall–Kier alpha value is -2.45. The highest BCUT2D eigenvalue weighted by atomic mass is 32.2. The van der Waals surface area contributed by atoms with Gasteiger partial charge in [-0.25, -0.2) is 8.42 Å². The lowest BCUT2D eigenvalue weighted by molar-refractivity contribution is 0.0697. The number of hydrogen-bond acceptors (Lipinski definition) is 4. The second kappa shape index (κ2) is 7.05. The van der Waals surface area contributed by atoms with Crippen LogP contribution in [0.1, 0.15) is 21.5 Å². The summed E-state index contributed by atoms with van der Waals surface area (Å²) in [5, 5.41) is 0. The first-order valence-electron chi connectivity index (χ1n) is 8.34. The van der Waals surface area contributed by atoms with E-state index in [1.165, 1.54) is 22.6 Å². The van der Waals surface area contributed by atoms with Crippen LogP contribution in [0.2, 0.25) is 0 Å². The molecule has 8 heteroatoms. The van der Waals surface area contributed by atoms with Crippen LogP contribution in [0.15, 0.2) is 46.2 Å². The van der Waals surface area contributed by atoms with Gasteiger partial charge in [0.1, 0.15) is 0 Å². The first-order valence-corrected chi connectivity index (χ1v) is 9.78. The molecular weight excluding hydrogens is 354 g/mol. The summed E-state index contributed by atoms with van der Waals surface area (Å²) in [6.45, 7) is 4.92. The Bertz CT molecular complexity index is 969. The maximum atomic E-state index is 12.8. The minimum atomic E-state index is -3.57. The molecule has 2 heterocycles. The maximum Gasteiger partial charge on any atom is 0.255 e. The number of piperazine rings is 1. The molecule has 2 aromatic rings. The van der Waals surface area contributed by atoms with Gasteiger partial charge < -0.3 is 9.88 Å². The topological polar surface area (TPSA) is 90.6 Å². The number of aromatic nitrogens is 1. The highest BCUT2D eigenvalue weighted by molar-refractivity contribution is 7.89. The molecule has 1 aliphatic heterocycles. The number of carbonyl (C=O) groups excluding carboxylic acids is 1. The molecule has 26 heavy (non-hydrogen) atoms. The third-order valence-electron chi connectivity index (χ3n) is 4.67. The van der Waals surface area contributed by atoms with E-state index in [0.29, 0.717) is 18.7 Å². The fraction of sp³-hybridized carbons (Fsp3) is 0.333. The predicted molar refractivity (Wildman–Crippen MR) is 97.6 cm³/mol. The van der Waals surface area contributed by atoms with Crippen molar-refractivity contribution in [3.05, 3.63) is 63.6 Å². The second-order valence-electron chi connectivity index (χ2n) is 6.38. The third-order valence-corrected chi connectivity index (χ3v) is 6.57. The van der Waals surface area contributed by atoms with E-state index in [1.54, 1.807) is 23.1 Å². The van der Waals surface area contributed by atoms with E-state index >= 15 is 0 Å². The van der Waals surface area contributed by atoms with Crippen molar-refractivity contribution >= 4 is 15.9 Å². The molecule has 1 aromatic heterocycles. The summed E-state index contributed by atoms with van der Waals surface area (Å²) in [6.07, 6.45) is 1.38. The van der Waals surface area contributed by atoms with Gasteiger partial charge >= 0.3 is 0 Å². The summed E-state index contributed by atoms with van der Waals surface area (Å²) in [7, 11) is -3.57. The van der Waals surface area contributed by atoms with Crippen molar-refractivity contribution in [1.82, 2.24) is 14.2 Å². The Morgan fingerprint density at radius 1 is 1.00 bits per heavy atom. The number of rotatable bonds is 3. The fourth-order valence-corrected chi connectivity index (χ4v) is 4.39. The standard InChI is InChI=1S/C18H21N3O4S/c1-13-3-5-16(11-14(13)2)26(24,25)21-9-7-20(8-10-21)18(23)15-4-6-17(22)19-12-15/h3-6,11-12H,7-10H2,1-2H3,(H,19,22). The molecular formula is C18H21N3O4S. The minimum absolute atomic E-state index is 0.218. The van der Waals surface area contributed by atoms with Crippen molar-refractivity contribution in [2.45, 2.75) is 18.7 Å². The van der Waals surface area contributed by atoms with Gasteiger partial charge in [-0.05, 0) is 43.2 Å². The molecule has 1 fully saturated rings. The summed E-state index contributed by atoms with van der Waals surface area (Å²) < 4.78 is 27.0. The molecule has 138 valence electrons. The van der Waals surface area contributed by atoms with E-state index < -0.39 is 10.0 Å². The number of nitrogens with zero attached hydrogens (tertiary/aromatic N) is 2. The molecule has 0 radical (unpaired) electrons. The molecule has 0 unspecified atom stereocenters. The second-order valence-corrected chi connectivity index (χ2v) is 8.32. The molecule has 1 aliphatic rings. The number of H-pyrrole nitrogens is 1. The van der Waals surface area contributed by atoms with Crippen molar-refractivity contribution in [2.24, 2.45) is 0 Å². The van der Waals surface area contributed by atoms with Crippen LogP contribution in [-0.2, 0) is 10.0 Å². The van der Waals surface area contributed by atoms with Crippen LogP contribution in [0.25, 0.3) is 0 Å². The van der Waals surface area contributed by atoms with Gasteiger partial charge in [-0.2, -0.15) is 4.31 Å². The number of nitrogens with one attached hydrogen (secondary N) is 1. The molecule has 0 aliphatic carbocycles. The van der Waals surface area contributed by atoms with Crippen molar-refractivity contribution in [1.29, 1.82) is 0 Å². The molecule has 1 N–H and O–H groups in total. The van der Waals surface area contributed by atoms with E-state index in [0.717, 1.165) is 11.1 Å². The van der Waals surface area contributed by atoms with Gasteiger partial charge in [0.2, 0.25) is 15.6 Å². The Balaban J connectivity index is 1.71. The van der Waals surface area contributed by atoms with Crippen LogP contribution >= 0.6 is 0 Å². The van der Waals surface area contributed by atoms with Crippen LogP contribution in [0.3, 0.4) is 0 Å². The number of hydrogen-bond donors (Lipinski definition) is 1. The average Bonchev–Trinajstić information content (AvgIpc) is 2.64. The lowest BCUT2D eigenvalue weighted by Crippen LogP contribution is -2.50. The number of pyridine rings is 1. The van der Waals surface area contributed by atoms with Gasteiger partial charge in [0.05, 0.1) is 10.5 Å². The van der Waals surface area contributed by atoms with Gasteiger partial charge in [0.25, 0.3) is 5.91 Å². The average molecular weight is 375 g/mol. The summed E-state index contributed by atoms with van der Waals surface area (Å²) in [5.41, 5.74) is 2.08. The van der Waals surface area contributed by atoms with Crippen LogP contribution < -0.4 is 5.56 Å². The van der Waals surface area contributed by atoms with Crippen molar-refractivity contribution < 1.29 is 13.2 Å². The van der Waals surface area contributed by atoms with Gasteiger partial charge in [0, 0.05) is 38.4 Å². The lowest BCUT2D eigenvalue weighted by Gasteiger charge is -2.34. The van der Waals surface area contributed by atoms with Gasteiger partial charge in [-0.1, -0.05) is 6.07 Å². The van der Waals surface area contributed by atoms with Crippen LogP contribution in [-0.4, -0.2) is 54.7 Å². The van der Waals surface area contributed by atoms with Crippen molar-refractivity contribution in [3.63, 3.8) is 0 Å². The zero-order chi connectivity index (χ0) is 18.9. The monoisotopic (exact) mass is 375 g/mol. The normalized spacial score (nSPS) is 15.8. The molecule has 7 nitrogen and oxygen atoms in total. The van der Waals surface area contributed by atoms with Crippen molar-refractivity contribution in [3.8, 4) is 0 Å². The molecule has 0 atom stereocenters. The summed E-state index contributed by atoms with van der Waals surface area (Å²) in [5.74, 6) is -0.218. The third kappa shape index (κ3) is 3.56. The van der Waals surface area contributed by atoms with Crippen LogP contribution in [0.5, 0.6) is 0 Å². The first-order chi connectivity index (χ1) is 12.3. The number of benzene rings is 1. The Labute approximate surface area is 152 Å². The fourth-order valence-electron chi connectivity index (χ4n) is 2.88. The van der Waals surface area contributed by atoms with Crippen molar-refractivity contribution in [2.75, 3.05) is 26.2 Å². The molecule has 1 aromatic carbocycles. The minimum Gasteiger partial charge on any atom is -0.336 e. The summed E-state index contributed by atoms with van der Waals surface area (Å²) in [4.78, 5) is 27.9. The Kier molecular flexibility index (Phi) is 4.97. The van der Waals surface area contributed by atoms with Gasteiger partial charge in [-0.15, -0.1) is 0 Å². The largest absolute Gasteiger partial charge is 0.336 e. The van der Waals surface area contributed by atoms with E-state index in [4.69, 9.17) is 0 Å². The summed E-state index contributed by atoms with van der Waals surface area (Å²) in [6, 6.07) is 7.88. The Morgan fingerprint density at radius 3 is 2.27 bits per heavy atom. The molecule has 0 saturated carbocycles. The zero-order valence-electron chi connectivity index (χ0n) is 14.7. The number of carbonyl (C=O) groups is 1. The molecule has 1 amide bonds. The van der Waals surface area contributed by atoms with Gasteiger partial charge in [-0.3, -0.25) is 9.59 Å². The van der Waals surface area contributed by atoms with Gasteiger partial charge in [0.15, 0.2) is 0 Å².